The summed E-state index contributed by atoms with van der Waals surface area (Å²) in [5.41, 5.74) is 0.865. The number of benzene rings is 1. The lowest BCUT2D eigenvalue weighted by Crippen LogP contribution is -2.46. The zero-order valence-corrected chi connectivity index (χ0v) is 14.4. The Bertz CT molecular complexity index is 645. The molecule has 1 aliphatic rings. The van der Waals surface area contributed by atoms with Gasteiger partial charge in [0.25, 0.3) is 0 Å². The van der Waals surface area contributed by atoms with Crippen molar-refractivity contribution in [1.82, 2.24) is 9.62 Å². The first-order valence-electron chi connectivity index (χ1n) is 7.88. The molecule has 2 rings (SSSR count). The maximum absolute atomic E-state index is 12.4. The molecule has 23 heavy (non-hydrogen) atoms. The monoisotopic (exact) mass is 340 g/mol. The Morgan fingerprint density at radius 2 is 2.13 bits per heavy atom. The van der Waals surface area contributed by atoms with Crippen LogP contribution in [0.25, 0.3) is 0 Å². The molecule has 0 saturated carbocycles. The van der Waals surface area contributed by atoms with Crippen molar-refractivity contribution in [2.75, 3.05) is 19.4 Å². The van der Waals surface area contributed by atoms with E-state index in [9.17, 15) is 13.2 Å². The quantitative estimate of drug-likeness (QED) is 0.816. The Balaban J connectivity index is 2.02. The molecule has 0 radical (unpaired) electrons. The standard InChI is InChI=1S/C16H24N2O4S/c1-3-11-23(20,21)18-10-6-8-14(18)16(19)17-12-13-7-4-5-9-15(13)22-2/h4-5,7,9,14H,3,6,8,10-12H2,1-2H3,(H,17,19)/t14-/m1/s1. The summed E-state index contributed by atoms with van der Waals surface area (Å²) in [4.78, 5) is 12.4. The van der Waals surface area contributed by atoms with Gasteiger partial charge in [0.2, 0.25) is 15.9 Å². The first-order chi connectivity index (χ1) is 11.0. The molecule has 1 N–H and O–H groups in total. The van der Waals surface area contributed by atoms with Crippen molar-refractivity contribution in [2.45, 2.75) is 38.8 Å². The zero-order chi connectivity index (χ0) is 16.9. The molecule has 1 aromatic carbocycles. The molecule has 1 heterocycles. The second-order valence-electron chi connectivity index (χ2n) is 5.61. The van der Waals surface area contributed by atoms with Crippen LogP contribution in [0.3, 0.4) is 0 Å². The molecule has 0 spiro atoms. The molecule has 1 aromatic rings. The van der Waals surface area contributed by atoms with E-state index in [1.165, 1.54) is 4.31 Å². The number of nitrogens with zero attached hydrogens (tertiary/aromatic N) is 1. The SMILES string of the molecule is CCCS(=O)(=O)N1CCC[C@@H]1C(=O)NCc1ccccc1OC. The van der Waals surface area contributed by atoms with E-state index >= 15 is 0 Å². The van der Waals surface area contributed by atoms with E-state index < -0.39 is 16.1 Å². The van der Waals surface area contributed by atoms with E-state index in [2.05, 4.69) is 5.32 Å². The lowest BCUT2D eigenvalue weighted by molar-refractivity contribution is -0.124. The number of hydrogen-bond acceptors (Lipinski definition) is 4. The Morgan fingerprint density at radius 1 is 1.39 bits per heavy atom. The van der Waals surface area contributed by atoms with Gasteiger partial charge in [-0.25, -0.2) is 8.42 Å². The van der Waals surface area contributed by atoms with Gasteiger partial charge in [-0.3, -0.25) is 4.79 Å². The highest BCUT2D eigenvalue weighted by molar-refractivity contribution is 7.89. The van der Waals surface area contributed by atoms with Gasteiger partial charge < -0.3 is 10.1 Å². The molecule has 7 heteroatoms. The van der Waals surface area contributed by atoms with Crippen molar-refractivity contribution >= 4 is 15.9 Å². The zero-order valence-electron chi connectivity index (χ0n) is 13.6. The number of ether oxygens (including phenoxy) is 1. The molecule has 1 amide bonds. The van der Waals surface area contributed by atoms with Gasteiger partial charge in [0.1, 0.15) is 11.8 Å². The van der Waals surface area contributed by atoms with Gasteiger partial charge in [0.05, 0.1) is 12.9 Å². The normalized spacial score (nSPS) is 18.8. The number of amides is 1. The maximum Gasteiger partial charge on any atom is 0.238 e. The number of methoxy groups -OCH3 is 1. The minimum atomic E-state index is -3.35. The van der Waals surface area contributed by atoms with Gasteiger partial charge in [-0.1, -0.05) is 25.1 Å². The van der Waals surface area contributed by atoms with E-state index in [4.69, 9.17) is 4.74 Å². The third-order valence-electron chi connectivity index (χ3n) is 3.97. The number of nitrogens with one attached hydrogen (secondary N) is 1. The largest absolute Gasteiger partial charge is 0.496 e. The highest BCUT2D eigenvalue weighted by Gasteiger charge is 2.37. The molecule has 1 fully saturated rings. The molecule has 1 atom stereocenters. The molecular weight excluding hydrogens is 316 g/mol. The number of sulfonamides is 1. The van der Waals surface area contributed by atoms with Crippen LogP contribution in [0.5, 0.6) is 5.75 Å². The predicted molar refractivity (Wildman–Crippen MR) is 88.6 cm³/mol. The molecule has 0 aliphatic carbocycles. The number of rotatable bonds is 7. The molecule has 0 bridgehead atoms. The number of hydrogen-bond donors (Lipinski definition) is 1. The average molecular weight is 340 g/mol. The van der Waals surface area contributed by atoms with Crippen LogP contribution >= 0.6 is 0 Å². The highest BCUT2D eigenvalue weighted by Crippen LogP contribution is 2.23. The van der Waals surface area contributed by atoms with Gasteiger partial charge in [-0.05, 0) is 25.3 Å². The summed E-state index contributed by atoms with van der Waals surface area (Å²) in [5, 5.41) is 2.83. The second kappa shape index (κ2) is 7.79. The lowest BCUT2D eigenvalue weighted by atomic mass is 10.2. The van der Waals surface area contributed by atoms with Gasteiger partial charge in [-0.15, -0.1) is 0 Å². The van der Waals surface area contributed by atoms with Crippen LogP contribution in [0.2, 0.25) is 0 Å². The molecule has 0 aromatic heterocycles. The van der Waals surface area contributed by atoms with Gasteiger partial charge in [0, 0.05) is 18.7 Å². The van der Waals surface area contributed by atoms with Crippen molar-refractivity contribution in [2.24, 2.45) is 0 Å². The molecule has 128 valence electrons. The summed E-state index contributed by atoms with van der Waals surface area (Å²) in [6.07, 6.45) is 1.84. The third kappa shape index (κ3) is 4.23. The topological polar surface area (TPSA) is 75.7 Å². The summed E-state index contributed by atoms with van der Waals surface area (Å²) >= 11 is 0. The smallest absolute Gasteiger partial charge is 0.238 e. The van der Waals surface area contributed by atoms with Crippen LogP contribution in [0, 0.1) is 0 Å². The van der Waals surface area contributed by atoms with Crippen LogP contribution in [-0.2, 0) is 21.4 Å². The molecule has 1 saturated heterocycles. The van der Waals surface area contributed by atoms with Gasteiger partial charge in [-0.2, -0.15) is 4.31 Å². The third-order valence-corrected chi connectivity index (χ3v) is 6.05. The van der Waals surface area contributed by atoms with Gasteiger partial charge >= 0.3 is 0 Å². The second-order valence-corrected chi connectivity index (χ2v) is 7.66. The maximum atomic E-state index is 12.4. The van der Waals surface area contributed by atoms with Crippen LogP contribution in [0.1, 0.15) is 31.7 Å². The van der Waals surface area contributed by atoms with E-state index in [0.717, 1.165) is 12.0 Å². The number of carbonyl (C=O) groups excluding carboxylic acids is 1. The van der Waals surface area contributed by atoms with Crippen molar-refractivity contribution in [3.8, 4) is 5.75 Å². The van der Waals surface area contributed by atoms with Crippen molar-refractivity contribution in [3.63, 3.8) is 0 Å². The van der Waals surface area contributed by atoms with E-state index in [0.29, 0.717) is 31.7 Å². The summed E-state index contributed by atoms with van der Waals surface area (Å²) in [6.45, 7) is 2.57. The van der Waals surface area contributed by atoms with Gasteiger partial charge in [0.15, 0.2) is 0 Å². The Hall–Kier alpha value is -1.60. The van der Waals surface area contributed by atoms with Crippen LogP contribution in [0.4, 0.5) is 0 Å². The summed E-state index contributed by atoms with van der Waals surface area (Å²) in [5.74, 6) is 0.547. The first-order valence-corrected chi connectivity index (χ1v) is 9.49. The lowest BCUT2D eigenvalue weighted by Gasteiger charge is -2.23. The average Bonchev–Trinajstić information content (AvgIpc) is 3.03. The van der Waals surface area contributed by atoms with E-state index in [1.807, 2.05) is 31.2 Å². The fourth-order valence-corrected chi connectivity index (χ4v) is 4.61. The molecular formula is C16H24N2O4S. The summed E-state index contributed by atoms with van der Waals surface area (Å²) in [6, 6.07) is 6.84. The number of carbonyl (C=O) groups is 1. The van der Waals surface area contributed by atoms with E-state index in [-0.39, 0.29) is 11.7 Å². The molecule has 6 nitrogen and oxygen atoms in total. The predicted octanol–water partition coefficient (Wildman–Crippen LogP) is 1.52. The van der Waals surface area contributed by atoms with Crippen molar-refractivity contribution in [1.29, 1.82) is 0 Å². The van der Waals surface area contributed by atoms with Crippen molar-refractivity contribution < 1.29 is 17.9 Å². The van der Waals surface area contributed by atoms with Crippen LogP contribution in [-0.4, -0.2) is 44.1 Å². The molecule has 0 unspecified atom stereocenters. The van der Waals surface area contributed by atoms with Crippen LogP contribution < -0.4 is 10.1 Å². The molecule has 1 aliphatic heterocycles. The Labute approximate surface area is 137 Å². The summed E-state index contributed by atoms with van der Waals surface area (Å²) in [7, 11) is -1.77. The van der Waals surface area contributed by atoms with Crippen molar-refractivity contribution in [3.05, 3.63) is 29.8 Å². The first kappa shape index (κ1) is 17.7. The minimum Gasteiger partial charge on any atom is -0.496 e. The Morgan fingerprint density at radius 3 is 2.83 bits per heavy atom. The highest BCUT2D eigenvalue weighted by atomic mass is 32.2. The Kier molecular flexibility index (Phi) is 6.01. The van der Waals surface area contributed by atoms with E-state index in [1.54, 1.807) is 7.11 Å². The fraction of sp³-hybridized carbons (Fsp3) is 0.562. The van der Waals surface area contributed by atoms with Crippen LogP contribution in [0.15, 0.2) is 24.3 Å². The fourth-order valence-electron chi connectivity index (χ4n) is 2.86. The minimum absolute atomic E-state index is 0.0866. The number of para-hydroxylation sites is 1. The summed E-state index contributed by atoms with van der Waals surface area (Å²) < 4.78 is 31.1.